The highest BCUT2D eigenvalue weighted by molar-refractivity contribution is 7.56. The van der Waals surface area contributed by atoms with Gasteiger partial charge in [-0.25, -0.2) is 19.5 Å². The van der Waals surface area contributed by atoms with E-state index in [9.17, 15) is 18.7 Å². The lowest BCUT2D eigenvalue weighted by Gasteiger charge is -2.33. The zero-order valence-electron chi connectivity index (χ0n) is 28.9. The Balaban J connectivity index is 1.90. The SMILES string of the molecule is CCNc1nc(Cl)nc2c1ncn2[C@@H]1O[C@H](COP(C)(=O)N[C@@H](C)C(=O)OC(C)C)C(C)(COP(C)(=O)N[C@@H](C)C(=O)OC(C)C)[C@H]1F. The van der Waals surface area contributed by atoms with Gasteiger partial charge in [0, 0.05) is 19.9 Å². The van der Waals surface area contributed by atoms with Gasteiger partial charge >= 0.3 is 11.9 Å². The summed E-state index contributed by atoms with van der Waals surface area (Å²) in [5, 5.41) is 8.21. The average Bonchev–Trinajstić information content (AvgIpc) is 3.48. The number of imidazole rings is 1. The summed E-state index contributed by atoms with van der Waals surface area (Å²) >= 11 is 6.18. The van der Waals surface area contributed by atoms with Crippen LogP contribution in [-0.2, 0) is 42.0 Å². The van der Waals surface area contributed by atoms with E-state index in [1.165, 1.54) is 45.0 Å². The molecule has 16 nitrogen and oxygen atoms in total. The van der Waals surface area contributed by atoms with Crippen molar-refractivity contribution >= 4 is 55.6 Å². The lowest BCUT2D eigenvalue weighted by Crippen LogP contribution is -2.43. The van der Waals surface area contributed by atoms with Crippen LogP contribution in [0.1, 0.15) is 61.6 Å². The monoisotopic (exact) mass is 741 g/mol. The van der Waals surface area contributed by atoms with Crippen molar-refractivity contribution < 1.29 is 46.4 Å². The number of esters is 2. The number of carbonyl (C=O) groups is 2. The number of rotatable bonds is 17. The first-order chi connectivity index (χ1) is 22.2. The normalized spacial score (nSPS) is 25.1. The van der Waals surface area contributed by atoms with Crippen molar-refractivity contribution in [3.8, 4) is 0 Å². The minimum absolute atomic E-state index is 0.106. The summed E-state index contributed by atoms with van der Waals surface area (Å²) < 4.78 is 73.0. The zero-order chi connectivity index (χ0) is 36.2. The number of anilines is 1. The fourth-order valence-electron chi connectivity index (χ4n) is 4.90. The van der Waals surface area contributed by atoms with E-state index < -0.39 is 76.2 Å². The number of nitrogens with zero attached hydrogens (tertiary/aromatic N) is 4. The van der Waals surface area contributed by atoms with E-state index in [0.29, 0.717) is 17.9 Å². The van der Waals surface area contributed by atoms with E-state index in [1.807, 2.05) is 6.92 Å². The molecule has 3 unspecified atom stereocenters. The van der Waals surface area contributed by atoms with Crippen molar-refractivity contribution in [3.05, 3.63) is 11.6 Å². The maximum atomic E-state index is 16.8. The van der Waals surface area contributed by atoms with Crippen molar-refractivity contribution in [2.24, 2.45) is 5.41 Å². The van der Waals surface area contributed by atoms with E-state index in [-0.39, 0.29) is 23.1 Å². The van der Waals surface area contributed by atoms with Crippen LogP contribution < -0.4 is 15.5 Å². The Hall–Kier alpha value is -2.23. The zero-order valence-corrected chi connectivity index (χ0v) is 31.4. The lowest BCUT2D eigenvalue weighted by atomic mass is 9.82. The third-order valence-corrected chi connectivity index (χ3v) is 10.4. The molecule has 1 aliphatic rings. The van der Waals surface area contributed by atoms with Gasteiger partial charge in [-0.1, -0.05) is 6.92 Å². The third-order valence-electron chi connectivity index (χ3n) is 7.29. The summed E-state index contributed by atoms with van der Waals surface area (Å²) in [6.07, 6.45) is -3.79. The molecule has 272 valence electrons. The van der Waals surface area contributed by atoms with Gasteiger partial charge in [0.25, 0.3) is 15.0 Å². The molecule has 1 saturated heterocycles. The molecule has 3 heterocycles. The fraction of sp³-hybridized carbons (Fsp3) is 0.750. The largest absolute Gasteiger partial charge is 0.462 e. The molecule has 0 amide bonds. The van der Waals surface area contributed by atoms with Gasteiger partial charge in [-0.3, -0.25) is 23.3 Å². The number of fused-ring (bicyclic) bond motifs is 1. The fourth-order valence-corrected chi connectivity index (χ4v) is 7.77. The molecule has 0 bridgehead atoms. The summed E-state index contributed by atoms with van der Waals surface area (Å²) in [5.74, 6) is -0.919. The Bertz CT molecular complexity index is 1550. The Morgan fingerprint density at radius 2 is 1.56 bits per heavy atom. The first-order valence-corrected chi connectivity index (χ1v) is 20.1. The predicted molar refractivity (Wildman–Crippen MR) is 178 cm³/mol. The Labute approximate surface area is 284 Å². The van der Waals surface area contributed by atoms with Crippen molar-refractivity contribution in [2.75, 3.05) is 38.4 Å². The number of hydrogen-bond acceptors (Lipinski definition) is 13. The molecule has 0 saturated carbocycles. The minimum Gasteiger partial charge on any atom is -0.462 e. The van der Waals surface area contributed by atoms with Gasteiger partial charge in [0.1, 0.15) is 12.1 Å². The smallest absolute Gasteiger partial charge is 0.323 e. The van der Waals surface area contributed by atoms with Crippen molar-refractivity contribution in [1.29, 1.82) is 0 Å². The summed E-state index contributed by atoms with van der Waals surface area (Å²) in [6, 6.07) is -1.96. The summed E-state index contributed by atoms with van der Waals surface area (Å²) in [4.78, 5) is 37.4. The topological polar surface area (TPSA) is 194 Å². The van der Waals surface area contributed by atoms with Gasteiger partial charge < -0.3 is 28.6 Å². The van der Waals surface area contributed by atoms with E-state index in [2.05, 4.69) is 30.4 Å². The molecule has 0 radical (unpaired) electrons. The number of alkyl halides is 1. The van der Waals surface area contributed by atoms with Gasteiger partial charge in [-0.2, -0.15) is 9.97 Å². The van der Waals surface area contributed by atoms with Crippen LogP contribution in [0.4, 0.5) is 10.2 Å². The molecule has 3 rings (SSSR count). The summed E-state index contributed by atoms with van der Waals surface area (Å²) in [7, 11) is -7.41. The van der Waals surface area contributed by atoms with E-state index in [4.69, 9.17) is 34.9 Å². The highest BCUT2D eigenvalue weighted by Gasteiger charge is 2.56. The first kappa shape index (κ1) is 40.2. The van der Waals surface area contributed by atoms with Crippen LogP contribution in [0.2, 0.25) is 5.28 Å². The van der Waals surface area contributed by atoms with Gasteiger partial charge in [0.05, 0.1) is 43.3 Å². The van der Waals surface area contributed by atoms with Crippen LogP contribution in [0, 0.1) is 5.41 Å². The number of carbonyl (C=O) groups excluding carboxylic acids is 2. The van der Waals surface area contributed by atoms with Crippen LogP contribution in [0.3, 0.4) is 0 Å². The van der Waals surface area contributed by atoms with Crippen LogP contribution in [0.25, 0.3) is 11.2 Å². The van der Waals surface area contributed by atoms with Crippen LogP contribution >= 0.6 is 26.6 Å². The molecule has 8 atom stereocenters. The van der Waals surface area contributed by atoms with Crippen molar-refractivity contribution in [3.63, 3.8) is 0 Å². The first-order valence-electron chi connectivity index (χ1n) is 15.5. The molecule has 3 N–H and O–H groups in total. The second-order valence-electron chi connectivity index (χ2n) is 12.6. The van der Waals surface area contributed by atoms with Crippen LogP contribution in [0.15, 0.2) is 6.33 Å². The number of ether oxygens (including phenoxy) is 3. The molecule has 0 spiro atoms. The Morgan fingerprint density at radius 3 is 2.08 bits per heavy atom. The maximum Gasteiger partial charge on any atom is 0.323 e. The van der Waals surface area contributed by atoms with Gasteiger partial charge in [0.15, 0.2) is 29.4 Å². The molecule has 20 heteroatoms. The molecule has 48 heavy (non-hydrogen) atoms. The molecular weight excluding hydrogens is 695 g/mol. The van der Waals surface area contributed by atoms with Gasteiger partial charge in [-0.05, 0) is 60.1 Å². The predicted octanol–water partition coefficient (Wildman–Crippen LogP) is 4.69. The molecule has 1 aliphatic heterocycles. The number of nitrogens with one attached hydrogen (secondary N) is 3. The number of aromatic nitrogens is 4. The quantitative estimate of drug-likeness (QED) is 0.115. The molecule has 0 aromatic carbocycles. The molecule has 2 aromatic rings. The van der Waals surface area contributed by atoms with Gasteiger partial charge in [-0.15, -0.1) is 0 Å². The molecule has 0 aliphatic carbocycles. The van der Waals surface area contributed by atoms with Gasteiger partial charge in [0.2, 0.25) is 5.28 Å². The standard InChI is InChI=1S/C28H47ClFN7O9P2/c1-11-31-22-20-23(34-27(29)33-22)37(14-32-20)24-21(30)28(8,13-43-48(10,41)36-18(7)26(39)45-16(4)5)19(46-24)12-42-47(9,40)35-17(6)25(38)44-15(2)3/h14-19,21,24H,11-13H2,1-10H3,(H,35,40)(H,36,41)(H,31,33,34)/t17-,18-,19+,21-,24+,28?,47?,48?/m0/s1. The highest BCUT2D eigenvalue weighted by Crippen LogP contribution is 2.51. The van der Waals surface area contributed by atoms with Crippen molar-refractivity contribution in [2.45, 2.75) is 98.2 Å². The van der Waals surface area contributed by atoms with Crippen LogP contribution in [0.5, 0.6) is 0 Å². The Kier molecular flexibility index (Phi) is 13.6. The minimum atomic E-state index is -3.72. The van der Waals surface area contributed by atoms with E-state index >= 15 is 4.39 Å². The molecule has 1 fully saturated rings. The molecular formula is C28H47ClFN7O9P2. The second kappa shape index (κ2) is 16.2. The van der Waals surface area contributed by atoms with Crippen LogP contribution in [-0.4, -0.2) is 101 Å². The molecule has 2 aromatic heterocycles. The second-order valence-corrected chi connectivity index (χ2v) is 17.3. The van der Waals surface area contributed by atoms with E-state index in [1.54, 1.807) is 27.7 Å². The lowest BCUT2D eigenvalue weighted by molar-refractivity contribution is -0.149. The average molecular weight is 742 g/mol. The van der Waals surface area contributed by atoms with Crippen molar-refractivity contribution in [1.82, 2.24) is 29.7 Å². The Morgan fingerprint density at radius 1 is 1.02 bits per heavy atom. The summed E-state index contributed by atoms with van der Waals surface area (Å²) in [6.45, 7) is 15.2. The maximum absolute atomic E-state index is 16.8. The number of halogens is 2. The third kappa shape index (κ3) is 10.2. The summed E-state index contributed by atoms with van der Waals surface area (Å²) in [5.41, 5.74) is -1.06. The van der Waals surface area contributed by atoms with E-state index in [0.717, 1.165) is 0 Å². The highest BCUT2D eigenvalue weighted by atomic mass is 35.5. The number of hydrogen-bond donors (Lipinski definition) is 3.